The first-order valence-electron chi connectivity index (χ1n) is 6.30. The molecule has 1 aromatic carbocycles. The molecular weight excluding hydrogens is 270 g/mol. The summed E-state index contributed by atoms with van der Waals surface area (Å²) in [6.45, 7) is 9.16. The van der Waals surface area contributed by atoms with Gasteiger partial charge in [0.15, 0.2) is 0 Å². The van der Waals surface area contributed by atoms with Crippen LogP contribution in [0.4, 0.5) is 5.82 Å². The average Bonchev–Trinajstić information content (AvgIpc) is 3.13. The Labute approximate surface area is 120 Å². The number of aromatic nitrogens is 4. The SMILES string of the molecule is [C-]#[N+]c1[nH]nc2ccc(-n3cc(C(=O)OCC)cn3)cc12. The molecule has 0 saturated heterocycles. The molecule has 0 atom stereocenters. The minimum Gasteiger partial charge on any atom is -0.462 e. The van der Waals surface area contributed by atoms with Crippen molar-refractivity contribution < 1.29 is 9.53 Å². The maximum Gasteiger partial charge on any atom is 0.341 e. The number of carbonyl (C=O) groups excluding carboxylic acids is 1. The summed E-state index contributed by atoms with van der Waals surface area (Å²) in [4.78, 5) is 15.0. The van der Waals surface area contributed by atoms with Crippen molar-refractivity contribution in [2.24, 2.45) is 0 Å². The van der Waals surface area contributed by atoms with Crippen LogP contribution < -0.4 is 0 Å². The fraction of sp³-hybridized carbons (Fsp3) is 0.143. The lowest BCUT2D eigenvalue weighted by Gasteiger charge is -2.01. The second-order valence-electron chi connectivity index (χ2n) is 4.28. The second-order valence-corrected chi connectivity index (χ2v) is 4.28. The van der Waals surface area contributed by atoms with Crippen molar-refractivity contribution in [1.82, 2.24) is 20.0 Å². The molecule has 3 aromatic rings. The van der Waals surface area contributed by atoms with E-state index in [-0.39, 0.29) is 0 Å². The first kappa shape index (κ1) is 12.9. The summed E-state index contributed by atoms with van der Waals surface area (Å²) in [5.74, 6) is -0.0281. The lowest BCUT2D eigenvalue weighted by atomic mass is 10.2. The van der Waals surface area contributed by atoms with Gasteiger partial charge in [-0.1, -0.05) is 6.57 Å². The number of benzene rings is 1. The highest BCUT2D eigenvalue weighted by Crippen LogP contribution is 2.25. The normalized spacial score (nSPS) is 10.5. The van der Waals surface area contributed by atoms with E-state index in [0.29, 0.717) is 23.5 Å². The van der Waals surface area contributed by atoms with E-state index in [1.54, 1.807) is 29.9 Å². The molecule has 7 nitrogen and oxygen atoms in total. The first-order valence-corrected chi connectivity index (χ1v) is 6.30. The van der Waals surface area contributed by atoms with E-state index in [1.807, 2.05) is 6.07 Å². The quantitative estimate of drug-likeness (QED) is 0.591. The molecule has 0 aliphatic rings. The van der Waals surface area contributed by atoms with Gasteiger partial charge < -0.3 is 9.58 Å². The summed E-state index contributed by atoms with van der Waals surface area (Å²) in [6.07, 6.45) is 3.05. The molecule has 7 heteroatoms. The van der Waals surface area contributed by atoms with E-state index in [1.165, 1.54) is 6.20 Å². The number of nitrogens with one attached hydrogen (secondary N) is 1. The molecule has 0 spiro atoms. The van der Waals surface area contributed by atoms with Crippen molar-refractivity contribution in [2.75, 3.05) is 6.61 Å². The predicted octanol–water partition coefficient (Wildman–Crippen LogP) is 2.48. The molecule has 1 N–H and O–H groups in total. The number of nitrogens with zero attached hydrogens (tertiary/aromatic N) is 4. The summed E-state index contributed by atoms with van der Waals surface area (Å²) >= 11 is 0. The van der Waals surface area contributed by atoms with Gasteiger partial charge >= 0.3 is 5.97 Å². The lowest BCUT2D eigenvalue weighted by Crippen LogP contribution is -2.03. The smallest absolute Gasteiger partial charge is 0.341 e. The first-order chi connectivity index (χ1) is 10.2. The number of hydrogen-bond acceptors (Lipinski definition) is 4. The van der Waals surface area contributed by atoms with Crippen LogP contribution in [0.2, 0.25) is 0 Å². The highest BCUT2D eigenvalue weighted by molar-refractivity contribution is 5.92. The van der Waals surface area contributed by atoms with Crippen LogP contribution in [0.25, 0.3) is 21.4 Å². The number of hydrogen-bond donors (Lipinski definition) is 1. The number of rotatable bonds is 3. The van der Waals surface area contributed by atoms with Gasteiger partial charge in [-0.15, -0.1) is 5.10 Å². The van der Waals surface area contributed by atoms with E-state index in [4.69, 9.17) is 11.3 Å². The van der Waals surface area contributed by atoms with Gasteiger partial charge in [-0.2, -0.15) is 5.10 Å². The van der Waals surface area contributed by atoms with Crippen molar-refractivity contribution >= 4 is 22.7 Å². The molecule has 104 valence electrons. The number of ether oxygens (including phenoxy) is 1. The van der Waals surface area contributed by atoms with Crippen LogP contribution in [0.3, 0.4) is 0 Å². The third kappa shape index (κ3) is 2.23. The van der Waals surface area contributed by atoms with Gasteiger partial charge in [0.1, 0.15) is 5.52 Å². The van der Waals surface area contributed by atoms with E-state index in [0.717, 1.165) is 11.1 Å². The molecule has 0 fully saturated rings. The number of esters is 1. The largest absolute Gasteiger partial charge is 0.462 e. The number of fused-ring (bicyclic) bond motifs is 1. The second kappa shape index (κ2) is 5.09. The molecule has 0 unspecified atom stereocenters. The monoisotopic (exact) mass is 281 g/mol. The summed E-state index contributed by atoms with van der Waals surface area (Å²) in [7, 11) is 0. The van der Waals surface area contributed by atoms with Crippen LogP contribution in [0.5, 0.6) is 0 Å². The van der Waals surface area contributed by atoms with Gasteiger partial charge in [0, 0.05) is 11.6 Å². The minimum atomic E-state index is -0.407. The zero-order chi connectivity index (χ0) is 14.8. The van der Waals surface area contributed by atoms with Gasteiger partial charge in [-0.05, 0) is 25.1 Å². The van der Waals surface area contributed by atoms with Gasteiger partial charge in [0.25, 0.3) is 5.82 Å². The zero-order valence-corrected chi connectivity index (χ0v) is 11.2. The van der Waals surface area contributed by atoms with Gasteiger partial charge in [-0.25, -0.2) is 14.6 Å². The van der Waals surface area contributed by atoms with E-state index < -0.39 is 5.97 Å². The Morgan fingerprint density at radius 2 is 2.38 bits per heavy atom. The van der Waals surface area contributed by atoms with Crippen molar-refractivity contribution in [3.05, 3.63) is 47.6 Å². The highest BCUT2D eigenvalue weighted by Gasteiger charge is 2.11. The van der Waals surface area contributed by atoms with Crippen LogP contribution in [0, 0.1) is 6.57 Å². The van der Waals surface area contributed by atoms with Crippen LogP contribution in [0.15, 0.2) is 30.6 Å². The molecule has 2 aromatic heterocycles. The molecule has 0 radical (unpaired) electrons. The highest BCUT2D eigenvalue weighted by atomic mass is 16.5. The van der Waals surface area contributed by atoms with E-state index in [9.17, 15) is 4.79 Å². The molecule has 0 aliphatic heterocycles. The summed E-state index contributed by atoms with van der Waals surface area (Å²) in [6, 6.07) is 5.41. The Bertz CT molecular complexity index is 856. The average molecular weight is 281 g/mol. The van der Waals surface area contributed by atoms with Crippen LogP contribution >= 0.6 is 0 Å². The molecule has 0 amide bonds. The number of aromatic amines is 1. The molecule has 3 rings (SSSR count). The fourth-order valence-electron chi connectivity index (χ4n) is 2.00. The van der Waals surface area contributed by atoms with Gasteiger partial charge in [-0.3, -0.25) is 0 Å². The van der Waals surface area contributed by atoms with Crippen LogP contribution in [0.1, 0.15) is 17.3 Å². The number of carbonyl (C=O) groups is 1. The van der Waals surface area contributed by atoms with E-state index >= 15 is 0 Å². The third-order valence-corrected chi connectivity index (χ3v) is 2.99. The molecule has 0 aliphatic carbocycles. The van der Waals surface area contributed by atoms with Gasteiger partial charge in [0.05, 0.1) is 24.1 Å². The van der Waals surface area contributed by atoms with Crippen molar-refractivity contribution in [1.29, 1.82) is 0 Å². The van der Waals surface area contributed by atoms with Crippen molar-refractivity contribution in [3.8, 4) is 5.69 Å². The van der Waals surface area contributed by atoms with Crippen molar-refractivity contribution in [3.63, 3.8) is 0 Å². The Kier molecular flexibility index (Phi) is 3.12. The predicted molar refractivity (Wildman–Crippen MR) is 75.4 cm³/mol. The maximum atomic E-state index is 11.6. The summed E-state index contributed by atoms with van der Waals surface area (Å²) < 4.78 is 6.49. The Morgan fingerprint density at radius 3 is 3.14 bits per heavy atom. The molecular formula is C14H11N5O2. The molecule has 0 saturated carbocycles. The third-order valence-electron chi connectivity index (χ3n) is 2.99. The topological polar surface area (TPSA) is 77.2 Å². The Hall–Kier alpha value is -3.14. The molecule has 0 bridgehead atoms. The van der Waals surface area contributed by atoms with Crippen LogP contribution in [-0.4, -0.2) is 32.6 Å². The van der Waals surface area contributed by atoms with E-state index in [2.05, 4.69) is 20.1 Å². The zero-order valence-electron chi connectivity index (χ0n) is 11.2. The minimum absolute atomic E-state index is 0.319. The lowest BCUT2D eigenvalue weighted by molar-refractivity contribution is 0.0526. The standard InChI is InChI=1S/C14H11N5O2/c1-3-21-14(20)9-7-16-19(8-9)10-4-5-12-11(6-10)13(15-2)18-17-12/h4-8H,3H2,1H3,(H,17,18). The maximum absolute atomic E-state index is 11.6. The Morgan fingerprint density at radius 1 is 1.52 bits per heavy atom. The molecule has 2 heterocycles. The Balaban J connectivity index is 2.01. The van der Waals surface area contributed by atoms with Crippen LogP contribution in [-0.2, 0) is 4.74 Å². The summed E-state index contributed by atoms with van der Waals surface area (Å²) in [5, 5.41) is 11.6. The van der Waals surface area contributed by atoms with Gasteiger partial charge in [0.2, 0.25) is 0 Å². The van der Waals surface area contributed by atoms with Crippen molar-refractivity contribution in [2.45, 2.75) is 6.92 Å². The number of H-pyrrole nitrogens is 1. The fourth-order valence-corrected chi connectivity index (χ4v) is 2.00. The summed E-state index contributed by atoms with van der Waals surface area (Å²) in [5.41, 5.74) is 1.83. The molecule has 21 heavy (non-hydrogen) atoms.